The second-order valence-corrected chi connectivity index (χ2v) is 5.18. The molecule has 1 N–H and O–H groups in total. The van der Waals surface area contributed by atoms with Gasteiger partial charge in [-0.25, -0.2) is 0 Å². The Kier molecular flexibility index (Phi) is 5.95. The Morgan fingerprint density at radius 3 is 2.64 bits per heavy atom. The summed E-state index contributed by atoms with van der Waals surface area (Å²) in [6, 6.07) is 12.8. The van der Waals surface area contributed by atoms with Crippen molar-refractivity contribution < 1.29 is 9.53 Å². The van der Waals surface area contributed by atoms with E-state index in [1.165, 1.54) is 0 Å². The third-order valence-electron chi connectivity index (χ3n) is 3.36. The SMILES string of the molecule is CCCCOc1ccc(C(=O)NC(C)c2ccccn2)cc1. The maximum Gasteiger partial charge on any atom is 0.251 e. The minimum Gasteiger partial charge on any atom is -0.494 e. The normalized spacial score (nSPS) is 11.7. The Labute approximate surface area is 131 Å². The van der Waals surface area contributed by atoms with Gasteiger partial charge in [0.15, 0.2) is 0 Å². The van der Waals surface area contributed by atoms with Crippen LogP contribution in [0.15, 0.2) is 48.7 Å². The van der Waals surface area contributed by atoms with Crippen molar-refractivity contribution in [3.63, 3.8) is 0 Å². The van der Waals surface area contributed by atoms with Gasteiger partial charge in [0, 0.05) is 11.8 Å². The molecule has 0 fully saturated rings. The van der Waals surface area contributed by atoms with E-state index in [-0.39, 0.29) is 11.9 Å². The third kappa shape index (κ3) is 4.58. The van der Waals surface area contributed by atoms with Crippen molar-refractivity contribution in [1.29, 1.82) is 0 Å². The van der Waals surface area contributed by atoms with Crippen molar-refractivity contribution in [3.05, 3.63) is 59.9 Å². The van der Waals surface area contributed by atoms with Crippen LogP contribution < -0.4 is 10.1 Å². The smallest absolute Gasteiger partial charge is 0.251 e. The Bertz CT molecular complexity index is 582. The van der Waals surface area contributed by atoms with Crippen LogP contribution in [0, 0.1) is 0 Å². The van der Waals surface area contributed by atoms with Crippen molar-refractivity contribution >= 4 is 5.91 Å². The first-order valence-corrected chi connectivity index (χ1v) is 7.65. The zero-order chi connectivity index (χ0) is 15.8. The first-order valence-electron chi connectivity index (χ1n) is 7.65. The summed E-state index contributed by atoms with van der Waals surface area (Å²) in [5, 5.41) is 2.94. The third-order valence-corrected chi connectivity index (χ3v) is 3.36. The monoisotopic (exact) mass is 298 g/mol. The highest BCUT2D eigenvalue weighted by Gasteiger charge is 2.12. The van der Waals surface area contributed by atoms with Crippen molar-refractivity contribution in [2.45, 2.75) is 32.7 Å². The van der Waals surface area contributed by atoms with Crippen LogP contribution in [0.4, 0.5) is 0 Å². The second kappa shape index (κ2) is 8.17. The fraction of sp³-hybridized carbons (Fsp3) is 0.333. The molecule has 0 saturated heterocycles. The molecule has 0 bridgehead atoms. The van der Waals surface area contributed by atoms with Crippen molar-refractivity contribution in [2.75, 3.05) is 6.61 Å². The van der Waals surface area contributed by atoms with E-state index in [1.807, 2.05) is 37.3 Å². The van der Waals surface area contributed by atoms with Gasteiger partial charge < -0.3 is 10.1 Å². The molecule has 2 rings (SSSR count). The summed E-state index contributed by atoms with van der Waals surface area (Å²) in [5.41, 5.74) is 1.46. The zero-order valence-electron chi connectivity index (χ0n) is 13.1. The lowest BCUT2D eigenvalue weighted by Gasteiger charge is -2.13. The van der Waals surface area contributed by atoms with Gasteiger partial charge in [-0.2, -0.15) is 0 Å². The molecule has 0 aliphatic carbocycles. The number of aromatic nitrogens is 1. The number of nitrogens with zero attached hydrogens (tertiary/aromatic N) is 1. The molecule has 1 aromatic carbocycles. The molecule has 22 heavy (non-hydrogen) atoms. The molecule has 4 heteroatoms. The van der Waals surface area contributed by atoms with Gasteiger partial charge >= 0.3 is 0 Å². The number of benzene rings is 1. The standard InChI is InChI=1S/C18H22N2O2/c1-3-4-13-22-16-10-8-15(9-11-16)18(21)20-14(2)17-7-5-6-12-19-17/h5-12,14H,3-4,13H2,1-2H3,(H,20,21). The van der Waals surface area contributed by atoms with Gasteiger partial charge in [0.2, 0.25) is 0 Å². The molecular weight excluding hydrogens is 276 g/mol. The molecule has 1 heterocycles. The predicted molar refractivity (Wildman–Crippen MR) is 87.0 cm³/mol. The molecule has 1 aromatic heterocycles. The molecular formula is C18H22N2O2. The van der Waals surface area contributed by atoms with E-state index in [0.29, 0.717) is 12.2 Å². The highest BCUT2D eigenvalue weighted by atomic mass is 16.5. The van der Waals surface area contributed by atoms with Crippen LogP contribution in [-0.2, 0) is 0 Å². The van der Waals surface area contributed by atoms with E-state index < -0.39 is 0 Å². The van der Waals surface area contributed by atoms with E-state index in [0.717, 1.165) is 24.3 Å². The second-order valence-electron chi connectivity index (χ2n) is 5.18. The average Bonchev–Trinajstić information content (AvgIpc) is 2.56. The van der Waals surface area contributed by atoms with Crippen molar-refractivity contribution in [3.8, 4) is 5.75 Å². The number of carbonyl (C=O) groups excluding carboxylic acids is 1. The minimum atomic E-state index is -0.130. The Morgan fingerprint density at radius 1 is 1.23 bits per heavy atom. The molecule has 4 nitrogen and oxygen atoms in total. The summed E-state index contributed by atoms with van der Waals surface area (Å²) < 4.78 is 5.59. The average molecular weight is 298 g/mol. The van der Waals surface area contributed by atoms with Crippen LogP contribution in [-0.4, -0.2) is 17.5 Å². The van der Waals surface area contributed by atoms with E-state index in [1.54, 1.807) is 18.3 Å². The Balaban J connectivity index is 1.92. The molecule has 2 aromatic rings. The lowest BCUT2D eigenvalue weighted by Crippen LogP contribution is -2.27. The number of hydrogen-bond donors (Lipinski definition) is 1. The lowest BCUT2D eigenvalue weighted by molar-refractivity contribution is 0.0939. The summed E-state index contributed by atoms with van der Waals surface area (Å²) in [6.07, 6.45) is 3.86. The Hall–Kier alpha value is -2.36. The summed E-state index contributed by atoms with van der Waals surface area (Å²) >= 11 is 0. The molecule has 0 radical (unpaired) electrons. The zero-order valence-corrected chi connectivity index (χ0v) is 13.1. The van der Waals surface area contributed by atoms with Gasteiger partial charge in [-0.15, -0.1) is 0 Å². The molecule has 1 atom stereocenters. The topological polar surface area (TPSA) is 51.2 Å². The maximum atomic E-state index is 12.2. The predicted octanol–water partition coefficient (Wildman–Crippen LogP) is 3.75. The van der Waals surface area contributed by atoms with Crippen LogP contribution in [0.3, 0.4) is 0 Å². The van der Waals surface area contributed by atoms with Crippen LogP contribution in [0.2, 0.25) is 0 Å². The molecule has 1 amide bonds. The number of amides is 1. The van der Waals surface area contributed by atoms with Crippen LogP contribution in [0.5, 0.6) is 5.75 Å². The van der Waals surface area contributed by atoms with Crippen molar-refractivity contribution in [1.82, 2.24) is 10.3 Å². The fourth-order valence-electron chi connectivity index (χ4n) is 2.02. The summed E-state index contributed by atoms with van der Waals surface area (Å²) in [6.45, 7) is 4.75. The van der Waals surface area contributed by atoms with Gasteiger partial charge in [-0.05, 0) is 49.7 Å². The number of nitrogens with one attached hydrogen (secondary N) is 1. The quantitative estimate of drug-likeness (QED) is 0.792. The molecule has 0 aliphatic heterocycles. The number of carbonyl (C=O) groups is 1. The first-order chi connectivity index (χ1) is 10.7. The summed E-state index contributed by atoms with van der Waals surface area (Å²) in [7, 11) is 0. The van der Waals surface area contributed by atoms with E-state index in [9.17, 15) is 4.79 Å². The fourth-order valence-corrected chi connectivity index (χ4v) is 2.02. The summed E-state index contributed by atoms with van der Waals surface area (Å²) in [4.78, 5) is 16.5. The van der Waals surface area contributed by atoms with Gasteiger partial charge in [-0.1, -0.05) is 19.4 Å². The maximum absolute atomic E-state index is 12.2. The van der Waals surface area contributed by atoms with Crippen molar-refractivity contribution in [2.24, 2.45) is 0 Å². The van der Waals surface area contributed by atoms with Gasteiger partial charge in [0.1, 0.15) is 5.75 Å². The van der Waals surface area contributed by atoms with Gasteiger partial charge in [0.05, 0.1) is 18.3 Å². The van der Waals surface area contributed by atoms with Gasteiger partial charge in [0.25, 0.3) is 5.91 Å². The lowest BCUT2D eigenvalue weighted by atomic mass is 10.1. The van der Waals surface area contributed by atoms with E-state index >= 15 is 0 Å². The molecule has 1 unspecified atom stereocenters. The van der Waals surface area contributed by atoms with Crippen LogP contribution >= 0.6 is 0 Å². The minimum absolute atomic E-state index is 0.113. The Morgan fingerprint density at radius 2 is 2.00 bits per heavy atom. The number of pyridine rings is 1. The molecule has 116 valence electrons. The number of unbranched alkanes of at least 4 members (excludes halogenated alkanes) is 1. The number of ether oxygens (including phenoxy) is 1. The first kappa shape index (κ1) is 16.0. The molecule has 0 saturated carbocycles. The molecule has 0 spiro atoms. The van der Waals surface area contributed by atoms with E-state index in [2.05, 4.69) is 17.2 Å². The largest absolute Gasteiger partial charge is 0.494 e. The highest BCUT2D eigenvalue weighted by molar-refractivity contribution is 5.94. The van der Waals surface area contributed by atoms with Crippen LogP contribution in [0.1, 0.15) is 48.8 Å². The number of hydrogen-bond acceptors (Lipinski definition) is 3. The number of rotatable bonds is 7. The van der Waals surface area contributed by atoms with E-state index in [4.69, 9.17) is 4.74 Å². The van der Waals surface area contributed by atoms with Gasteiger partial charge in [-0.3, -0.25) is 9.78 Å². The summed E-state index contributed by atoms with van der Waals surface area (Å²) in [5.74, 6) is 0.682. The van der Waals surface area contributed by atoms with Crippen LogP contribution in [0.25, 0.3) is 0 Å². The highest BCUT2D eigenvalue weighted by Crippen LogP contribution is 2.14. The molecule has 0 aliphatic rings.